The number of hydrogen-bond acceptors (Lipinski definition) is 7. The molecular weight excluding hydrogens is 691 g/mol. The van der Waals surface area contributed by atoms with E-state index in [1.54, 1.807) is 12.3 Å². The van der Waals surface area contributed by atoms with Crippen LogP contribution >= 0.6 is 50.3 Å². The van der Waals surface area contributed by atoms with Gasteiger partial charge in [-0.1, -0.05) is 58.0 Å². The minimum absolute atomic E-state index is 0.137. The number of halogens is 2. The fourth-order valence-electron chi connectivity index (χ4n) is 3.46. The maximum atomic E-state index is 12.5. The predicted octanol–water partition coefficient (Wildman–Crippen LogP) is 6.26. The Morgan fingerprint density at radius 3 is 2.74 bits per heavy atom. The molecule has 0 saturated heterocycles. The first-order valence-electron chi connectivity index (χ1n) is 11.9. The van der Waals surface area contributed by atoms with E-state index in [-0.39, 0.29) is 11.7 Å². The second-order valence-corrected chi connectivity index (χ2v) is 11.3. The van der Waals surface area contributed by atoms with Crippen molar-refractivity contribution in [3.8, 4) is 5.75 Å². The maximum Gasteiger partial charge on any atom is 0.250 e. The van der Waals surface area contributed by atoms with Gasteiger partial charge in [-0.3, -0.25) is 4.79 Å². The molecule has 11 heteroatoms. The molecular formula is C28H26BrIN6O2S. The van der Waals surface area contributed by atoms with Crippen LogP contribution in [0.3, 0.4) is 0 Å². The van der Waals surface area contributed by atoms with Gasteiger partial charge in [0.25, 0.3) is 5.91 Å². The van der Waals surface area contributed by atoms with E-state index in [0.717, 1.165) is 27.1 Å². The first kappa shape index (κ1) is 28.8. The average Bonchev–Trinajstić information content (AvgIpc) is 3.32. The van der Waals surface area contributed by atoms with Crippen LogP contribution in [0.2, 0.25) is 0 Å². The lowest BCUT2D eigenvalue weighted by atomic mass is 10.2. The van der Waals surface area contributed by atoms with Gasteiger partial charge >= 0.3 is 0 Å². The Hall–Kier alpha value is -3.16. The van der Waals surface area contributed by atoms with E-state index in [4.69, 9.17) is 4.74 Å². The minimum Gasteiger partial charge on any atom is -0.488 e. The van der Waals surface area contributed by atoms with E-state index in [1.807, 2.05) is 77.4 Å². The zero-order chi connectivity index (χ0) is 27.5. The molecule has 0 unspecified atom stereocenters. The van der Waals surface area contributed by atoms with Gasteiger partial charge in [0.15, 0.2) is 11.0 Å². The predicted molar refractivity (Wildman–Crippen MR) is 168 cm³/mol. The van der Waals surface area contributed by atoms with Crippen molar-refractivity contribution in [1.82, 2.24) is 20.2 Å². The SMILES string of the molecule is C=CCn1c(CNc2ccc(I)cc2)nnc1SCC(=O)N/N=C/c1ccccc1OCc1cccc(Br)c1. The number of allylic oxidation sites excluding steroid dienone is 1. The largest absolute Gasteiger partial charge is 0.488 e. The summed E-state index contributed by atoms with van der Waals surface area (Å²) in [5.41, 5.74) is 5.37. The maximum absolute atomic E-state index is 12.5. The van der Waals surface area contributed by atoms with Crippen LogP contribution in [0.15, 0.2) is 100 Å². The highest BCUT2D eigenvalue weighted by atomic mass is 127. The van der Waals surface area contributed by atoms with E-state index < -0.39 is 0 Å². The molecule has 200 valence electrons. The van der Waals surface area contributed by atoms with Gasteiger partial charge in [-0.2, -0.15) is 5.10 Å². The fourth-order valence-corrected chi connectivity index (χ4v) is 5.03. The topological polar surface area (TPSA) is 93.4 Å². The Kier molecular flexibility index (Phi) is 11.0. The molecule has 0 spiro atoms. The third kappa shape index (κ3) is 8.94. The number of nitrogens with one attached hydrogen (secondary N) is 2. The third-order valence-electron chi connectivity index (χ3n) is 5.33. The Labute approximate surface area is 253 Å². The number of hydrogen-bond donors (Lipinski definition) is 2. The zero-order valence-electron chi connectivity index (χ0n) is 20.9. The van der Waals surface area contributed by atoms with E-state index in [2.05, 4.69) is 71.1 Å². The van der Waals surface area contributed by atoms with Crippen LogP contribution in [0, 0.1) is 3.57 Å². The Morgan fingerprint density at radius 1 is 1.13 bits per heavy atom. The summed E-state index contributed by atoms with van der Waals surface area (Å²) >= 11 is 7.04. The van der Waals surface area contributed by atoms with Crippen molar-refractivity contribution in [3.05, 3.63) is 110 Å². The van der Waals surface area contributed by atoms with Gasteiger partial charge in [0.2, 0.25) is 0 Å². The number of amides is 1. The highest BCUT2D eigenvalue weighted by Gasteiger charge is 2.13. The van der Waals surface area contributed by atoms with Crippen molar-refractivity contribution in [2.45, 2.75) is 24.9 Å². The number of hydrazone groups is 1. The summed E-state index contributed by atoms with van der Waals surface area (Å²) in [6.45, 7) is 5.29. The molecule has 0 saturated carbocycles. The van der Waals surface area contributed by atoms with Crippen LogP contribution in [0.25, 0.3) is 0 Å². The molecule has 0 radical (unpaired) electrons. The number of nitrogens with zero attached hydrogens (tertiary/aromatic N) is 4. The number of benzene rings is 3. The monoisotopic (exact) mass is 716 g/mol. The quantitative estimate of drug-likeness (QED) is 0.0558. The first-order valence-corrected chi connectivity index (χ1v) is 14.8. The number of anilines is 1. The third-order valence-corrected chi connectivity index (χ3v) is 7.51. The van der Waals surface area contributed by atoms with Gasteiger partial charge in [-0.15, -0.1) is 16.8 Å². The summed E-state index contributed by atoms with van der Waals surface area (Å²) in [6.07, 6.45) is 3.36. The van der Waals surface area contributed by atoms with Gasteiger partial charge in [0.1, 0.15) is 12.4 Å². The Bertz CT molecular complexity index is 1440. The number of carbonyl (C=O) groups is 1. The summed E-state index contributed by atoms with van der Waals surface area (Å²) in [5, 5.41) is 16.7. The molecule has 4 aromatic rings. The normalized spacial score (nSPS) is 10.9. The van der Waals surface area contributed by atoms with E-state index >= 15 is 0 Å². The van der Waals surface area contributed by atoms with Crippen LogP contribution < -0.4 is 15.5 Å². The molecule has 39 heavy (non-hydrogen) atoms. The van der Waals surface area contributed by atoms with Gasteiger partial charge in [0.05, 0.1) is 18.5 Å². The van der Waals surface area contributed by atoms with Crippen LogP contribution in [-0.2, 0) is 24.5 Å². The van der Waals surface area contributed by atoms with E-state index in [1.165, 1.54) is 15.3 Å². The molecule has 0 aliphatic rings. The zero-order valence-corrected chi connectivity index (χ0v) is 25.4. The summed E-state index contributed by atoms with van der Waals surface area (Å²) < 4.78 is 10.1. The molecule has 0 atom stereocenters. The Balaban J connectivity index is 1.29. The summed E-state index contributed by atoms with van der Waals surface area (Å²) in [6, 6.07) is 23.6. The summed E-state index contributed by atoms with van der Waals surface area (Å²) in [7, 11) is 0. The van der Waals surface area contributed by atoms with Gasteiger partial charge in [-0.05, 0) is 76.7 Å². The average molecular weight is 717 g/mol. The summed E-state index contributed by atoms with van der Waals surface area (Å²) in [5.74, 6) is 1.32. The molecule has 0 aliphatic heterocycles. The number of ether oxygens (including phenoxy) is 1. The lowest BCUT2D eigenvalue weighted by molar-refractivity contribution is -0.118. The molecule has 4 rings (SSSR count). The molecule has 2 N–H and O–H groups in total. The molecule has 0 bridgehead atoms. The number of rotatable bonds is 13. The molecule has 8 nitrogen and oxygen atoms in total. The fraction of sp³-hybridized carbons (Fsp3) is 0.143. The Morgan fingerprint density at radius 2 is 1.95 bits per heavy atom. The molecule has 0 fully saturated rings. The molecule has 3 aromatic carbocycles. The lowest BCUT2D eigenvalue weighted by Gasteiger charge is -2.10. The van der Waals surface area contributed by atoms with Crippen LogP contribution in [0.4, 0.5) is 5.69 Å². The van der Waals surface area contributed by atoms with Gasteiger partial charge in [0, 0.05) is 25.8 Å². The minimum atomic E-state index is -0.254. The van der Waals surface area contributed by atoms with Crippen LogP contribution in [-0.4, -0.2) is 32.6 Å². The number of para-hydroxylation sites is 1. The highest BCUT2D eigenvalue weighted by Crippen LogP contribution is 2.20. The van der Waals surface area contributed by atoms with Crippen LogP contribution in [0.1, 0.15) is 17.0 Å². The van der Waals surface area contributed by atoms with Gasteiger partial charge in [-0.25, -0.2) is 5.43 Å². The van der Waals surface area contributed by atoms with Crippen molar-refractivity contribution in [2.75, 3.05) is 11.1 Å². The van der Waals surface area contributed by atoms with E-state index in [0.29, 0.717) is 30.6 Å². The molecule has 0 aliphatic carbocycles. The second kappa shape index (κ2) is 14.8. The van der Waals surface area contributed by atoms with Crippen molar-refractivity contribution in [3.63, 3.8) is 0 Å². The second-order valence-electron chi connectivity index (χ2n) is 8.20. The molecule has 1 amide bonds. The standard InChI is InChI=1S/C28H26BrIN6O2S/c1-2-14-36-26(17-31-24-12-10-23(30)11-13-24)33-35-28(36)39-19-27(37)34-32-16-21-7-3-4-9-25(21)38-18-20-6-5-8-22(29)15-20/h2-13,15-16,31H,1,14,17-19H2,(H,34,37)/b32-16+. The van der Waals surface area contributed by atoms with Crippen molar-refractivity contribution < 1.29 is 9.53 Å². The van der Waals surface area contributed by atoms with Crippen molar-refractivity contribution >= 4 is 68.1 Å². The highest BCUT2D eigenvalue weighted by molar-refractivity contribution is 14.1. The van der Waals surface area contributed by atoms with Crippen LogP contribution in [0.5, 0.6) is 5.75 Å². The summed E-state index contributed by atoms with van der Waals surface area (Å²) in [4.78, 5) is 12.5. The van der Waals surface area contributed by atoms with Crippen molar-refractivity contribution in [1.29, 1.82) is 0 Å². The number of thioether (sulfide) groups is 1. The van der Waals surface area contributed by atoms with Gasteiger partial charge < -0.3 is 14.6 Å². The van der Waals surface area contributed by atoms with E-state index in [9.17, 15) is 4.79 Å². The number of carbonyl (C=O) groups excluding carboxylic acids is 1. The first-order chi connectivity index (χ1) is 19.0. The lowest BCUT2D eigenvalue weighted by Crippen LogP contribution is -2.20. The molecule has 1 aromatic heterocycles. The number of aromatic nitrogens is 3. The smallest absolute Gasteiger partial charge is 0.250 e. The molecule has 1 heterocycles. The van der Waals surface area contributed by atoms with Crippen molar-refractivity contribution in [2.24, 2.45) is 5.10 Å².